The average Bonchev–Trinajstić information content (AvgIpc) is 3.37. The van der Waals surface area contributed by atoms with Crippen molar-refractivity contribution in [2.45, 2.75) is 12.1 Å². The predicted octanol–water partition coefficient (Wildman–Crippen LogP) is 4.29. The monoisotopic (exact) mass is 485 g/mol. The topological polar surface area (TPSA) is 78.0 Å². The Hall–Kier alpha value is -3.81. The molecule has 4 aromatic rings. The van der Waals surface area contributed by atoms with Gasteiger partial charge in [0.25, 0.3) is 0 Å². The molecule has 0 aliphatic carbocycles. The smallest absolute Gasteiger partial charge is 0.195 e. The lowest BCUT2D eigenvalue weighted by Gasteiger charge is -2.42. The lowest BCUT2D eigenvalue weighted by atomic mass is 9.92. The van der Waals surface area contributed by atoms with Gasteiger partial charge in [-0.25, -0.2) is 0 Å². The molecule has 1 aliphatic heterocycles. The maximum absolute atomic E-state index is 13.7. The fraction of sp³-hybridized carbons (Fsp3) is 0.276. The molecule has 2 N–H and O–H groups in total. The molecule has 1 aromatic heterocycles. The molecule has 36 heavy (non-hydrogen) atoms. The molecule has 2 heterocycles. The molecule has 186 valence electrons. The number of methoxy groups -OCH3 is 2. The summed E-state index contributed by atoms with van der Waals surface area (Å²) < 4.78 is 10.9. The second-order valence-electron chi connectivity index (χ2n) is 8.96. The van der Waals surface area contributed by atoms with E-state index in [1.807, 2.05) is 60.7 Å². The number of nitrogens with one attached hydrogen (secondary N) is 1. The second-order valence-corrected chi connectivity index (χ2v) is 8.96. The van der Waals surface area contributed by atoms with Gasteiger partial charge in [0, 0.05) is 60.1 Å². The van der Waals surface area contributed by atoms with Gasteiger partial charge in [0.05, 0.1) is 20.3 Å². The van der Waals surface area contributed by atoms with Crippen LogP contribution in [-0.4, -0.2) is 67.3 Å². The number of piperazine rings is 1. The Kier molecular flexibility index (Phi) is 6.93. The fourth-order valence-electron chi connectivity index (χ4n) is 5.11. The number of H-pyrrole nitrogens is 1. The molecular formula is C29H31N3O4. The van der Waals surface area contributed by atoms with E-state index in [0.29, 0.717) is 24.4 Å². The predicted molar refractivity (Wildman–Crippen MR) is 141 cm³/mol. The second kappa shape index (κ2) is 10.4. The maximum atomic E-state index is 13.7. The van der Waals surface area contributed by atoms with Crippen molar-refractivity contribution < 1.29 is 19.4 Å². The number of benzene rings is 3. The first-order chi connectivity index (χ1) is 17.6. The van der Waals surface area contributed by atoms with Crippen LogP contribution in [0.25, 0.3) is 10.9 Å². The Labute approximate surface area is 210 Å². The van der Waals surface area contributed by atoms with Gasteiger partial charge in [0.1, 0.15) is 17.6 Å². The van der Waals surface area contributed by atoms with E-state index < -0.39 is 12.1 Å². The highest BCUT2D eigenvalue weighted by molar-refractivity contribution is 6.10. The molecule has 1 fully saturated rings. The summed E-state index contributed by atoms with van der Waals surface area (Å²) in [5.74, 6) is 1.18. The number of rotatable bonds is 8. The number of carbonyl (C=O) groups excluding carboxylic acids is 1. The Balaban J connectivity index is 1.43. The van der Waals surface area contributed by atoms with Gasteiger partial charge in [-0.05, 0) is 36.4 Å². The molecule has 0 unspecified atom stereocenters. The molecule has 0 spiro atoms. The number of Topliss-reactive ketones (excluding diaryl/α,β-unsaturated/α-hetero) is 1. The van der Waals surface area contributed by atoms with Crippen molar-refractivity contribution in [2.24, 2.45) is 0 Å². The third-order valence-electron chi connectivity index (χ3n) is 7.03. The number of hydrogen-bond donors (Lipinski definition) is 2. The maximum Gasteiger partial charge on any atom is 0.195 e. The first kappa shape index (κ1) is 23.9. The van der Waals surface area contributed by atoms with Gasteiger partial charge >= 0.3 is 0 Å². The van der Waals surface area contributed by atoms with Crippen molar-refractivity contribution in [3.63, 3.8) is 0 Å². The molecule has 0 amide bonds. The standard InChI is InChI=1S/C29H31N3O4/c1-35-21-13-11-20(12-14-21)31-15-17-32(18-16-31)27(23-8-4-6-10-26(23)36-2)29(34)28(33)24-19-30-25-9-5-3-7-22(24)25/h3-14,19,27,29-30,34H,15-18H2,1-2H3/t27-,29-/m0/s1. The van der Waals surface area contributed by atoms with Crippen LogP contribution in [0.3, 0.4) is 0 Å². The number of aliphatic hydroxyl groups excluding tert-OH is 1. The van der Waals surface area contributed by atoms with Crippen LogP contribution >= 0.6 is 0 Å². The summed E-state index contributed by atoms with van der Waals surface area (Å²) in [5, 5.41) is 12.4. The first-order valence-corrected chi connectivity index (χ1v) is 12.1. The number of ether oxygens (including phenoxy) is 2. The van der Waals surface area contributed by atoms with Crippen molar-refractivity contribution in [2.75, 3.05) is 45.3 Å². The minimum Gasteiger partial charge on any atom is -0.497 e. The summed E-state index contributed by atoms with van der Waals surface area (Å²) in [6.07, 6.45) is 0.435. The molecule has 0 bridgehead atoms. The number of anilines is 1. The lowest BCUT2D eigenvalue weighted by Crippen LogP contribution is -2.51. The summed E-state index contributed by atoms with van der Waals surface area (Å²) in [6, 6.07) is 22.8. The van der Waals surface area contributed by atoms with E-state index in [4.69, 9.17) is 9.47 Å². The number of aromatic nitrogens is 1. The number of para-hydroxylation sites is 2. The van der Waals surface area contributed by atoms with E-state index in [0.717, 1.165) is 41.0 Å². The van der Waals surface area contributed by atoms with Crippen LogP contribution in [0.1, 0.15) is 22.0 Å². The molecular weight excluding hydrogens is 454 g/mol. The molecule has 3 aromatic carbocycles. The van der Waals surface area contributed by atoms with Crippen molar-refractivity contribution >= 4 is 22.4 Å². The number of nitrogens with zero attached hydrogens (tertiary/aromatic N) is 2. The molecule has 5 rings (SSSR count). The van der Waals surface area contributed by atoms with Gasteiger partial charge < -0.3 is 24.5 Å². The van der Waals surface area contributed by atoms with Crippen molar-refractivity contribution in [1.29, 1.82) is 0 Å². The van der Waals surface area contributed by atoms with Crippen molar-refractivity contribution in [3.05, 3.63) is 90.1 Å². The normalized spacial score (nSPS) is 16.0. The van der Waals surface area contributed by atoms with E-state index in [1.54, 1.807) is 20.4 Å². The van der Waals surface area contributed by atoms with Gasteiger partial charge in [-0.3, -0.25) is 9.69 Å². The molecule has 7 heteroatoms. The SMILES string of the molecule is COc1ccc(N2CCN([C@@H](c3ccccc3OC)[C@H](O)C(=O)c3c[nH]c4ccccc34)CC2)cc1. The minimum absolute atomic E-state index is 0.305. The summed E-state index contributed by atoms with van der Waals surface area (Å²) in [4.78, 5) is 21.3. The van der Waals surface area contributed by atoms with Crippen molar-refractivity contribution in [1.82, 2.24) is 9.88 Å². The minimum atomic E-state index is -1.26. The van der Waals surface area contributed by atoms with E-state index in [9.17, 15) is 9.90 Å². The Bertz CT molecular complexity index is 1330. The van der Waals surface area contributed by atoms with Gasteiger partial charge in [0.2, 0.25) is 0 Å². The van der Waals surface area contributed by atoms with Crippen LogP contribution < -0.4 is 14.4 Å². The zero-order valence-electron chi connectivity index (χ0n) is 20.6. The average molecular weight is 486 g/mol. The summed E-state index contributed by atoms with van der Waals surface area (Å²) in [6.45, 7) is 2.91. The molecule has 1 saturated heterocycles. The highest BCUT2D eigenvalue weighted by atomic mass is 16.5. The van der Waals surface area contributed by atoms with Gasteiger partial charge in [-0.15, -0.1) is 0 Å². The van der Waals surface area contributed by atoms with Crippen LogP contribution in [0.5, 0.6) is 11.5 Å². The van der Waals surface area contributed by atoms with E-state index >= 15 is 0 Å². The van der Waals surface area contributed by atoms with Crippen LogP contribution in [0.15, 0.2) is 79.0 Å². The molecule has 2 atom stereocenters. The Morgan fingerprint density at radius 2 is 1.58 bits per heavy atom. The number of carbonyl (C=O) groups is 1. The largest absolute Gasteiger partial charge is 0.497 e. The summed E-state index contributed by atoms with van der Waals surface area (Å²) >= 11 is 0. The molecule has 1 aliphatic rings. The Morgan fingerprint density at radius 3 is 2.31 bits per heavy atom. The Morgan fingerprint density at radius 1 is 0.889 bits per heavy atom. The summed E-state index contributed by atoms with van der Waals surface area (Å²) in [7, 11) is 3.28. The van der Waals surface area contributed by atoms with Crippen LogP contribution in [-0.2, 0) is 0 Å². The van der Waals surface area contributed by atoms with Gasteiger partial charge in [-0.1, -0.05) is 36.4 Å². The van der Waals surface area contributed by atoms with Crippen molar-refractivity contribution in [3.8, 4) is 11.5 Å². The van der Waals surface area contributed by atoms with Gasteiger partial charge in [-0.2, -0.15) is 0 Å². The van der Waals surface area contributed by atoms with Gasteiger partial charge in [0.15, 0.2) is 5.78 Å². The first-order valence-electron chi connectivity index (χ1n) is 12.1. The van der Waals surface area contributed by atoms with Crippen LogP contribution in [0.2, 0.25) is 0 Å². The third-order valence-corrected chi connectivity index (χ3v) is 7.03. The highest BCUT2D eigenvalue weighted by Gasteiger charge is 2.37. The third kappa shape index (κ3) is 4.55. The number of aromatic amines is 1. The highest BCUT2D eigenvalue weighted by Crippen LogP contribution is 2.35. The quantitative estimate of drug-likeness (QED) is 0.363. The molecule has 7 nitrogen and oxygen atoms in total. The zero-order valence-corrected chi connectivity index (χ0v) is 20.6. The lowest BCUT2D eigenvalue weighted by molar-refractivity contribution is 0.0359. The van der Waals surface area contributed by atoms with E-state index in [1.165, 1.54) is 0 Å². The molecule has 0 radical (unpaired) electrons. The fourth-order valence-corrected chi connectivity index (χ4v) is 5.11. The molecule has 0 saturated carbocycles. The van der Waals surface area contributed by atoms with Crippen LogP contribution in [0.4, 0.5) is 5.69 Å². The van der Waals surface area contributed by atoms with Crippen LogP contribution in [0, 0.1) is 0 Å². The van der Waals surface area contributed by atoms with E-state index in [-0.39, 0.29) is 5.78 Å². The summed E-state index contributed by atoms with van der Waals surface area (Å²) in [5.41, 5.74) is 3.29. The number of hydrogen-bond acceptors (Lipinski definition) is 6. The number of aliphatic hydroxyl groups is 1. The number of fused-ring (bicyclic) bond motifs is 1. The van der Waals surface area contributed by atoms with E-state index in [2.05, 4.69) is 26.9 Å². The zero-order chi connectivity index (χ0) is 25.1. The number of ketones is 1.